The molecule has 0 bridgehead atoms. The maximum Gasteiger partial charge on any atom is 0.225 e. The number of nitrogens with one attached hydrogen (secondary N) is 1. The highest BCUT2D eigenvalue weighted by Crippen LogP contribution is 2.29. The van der Waals surface area contributed by atoms with Crippen LogP contribution >= 0.6 is 0 Å². The summed E-state index contributed by atoms with van der Waals surface area (Å²) >= 11 is 0. The Morgan fingerprint density at radius 1 is 1.38 bits per heavy atom. The maximum atomic E-state index is 11.8. The predicted molar refractivity (Wildman–Crippen MR) is 60.7 cm³/mol. The van der Waals surface area contributed by atoms with Crippen molar-refractivity contribution < 1.29 is 9.59 Å². The number of rotatable bonds is 2. The number of hydrogen-bond acceptors (Lipinski definition) is 2. The summed E-state index contributed by atoms with van der Waals surface area (Å²) in [6, 6.07) is 0.0137. The van der Waals surface area contributed by atoms with Crippen LogP contribution in [0.1, 0.15) is 40.0 Å². The fraction of sp³-hybridized carbons (Fsp3) is 0.833. The maximum absolute atomic E-state index is 11.8. The van der Waals surface area contributed by atoms with Crippen LogP contribution in [0.4, 0.5) is 0 Å². The van der Waals surface area contributed by atoms with Crippen molar-refractivity contribution in [2.24, 2.45) is 5.92 Å². The van der Waals surface area contributed by atoms with Crippen LogP contribution in [0, 0.1) is 5.92 Å². The van der Waals surface area contributed by atoms with Crippen LogP contribution in [0.3, 0.4) is 0 Å². The monoisotopic (exact) mass is 224 g/mol. The summed E-state index contributed by atoms with van der Waals surface area (Å²) in [5.74, 6) is 0.501. The lowest BCUT2D eigenvalue weighted by Gasteiger charge is -2.32. The van der Waals surface area contributed by atoms with Gasteiger partial charge in [-0.15, -0.1) is 0 Å². The third-order valence-corrected chi connectivity index (χ3v) is 3.23. The van der Waals surface area contributed by atoms with Crippen molar-refractivity contribution in [1.82, 2.24) is 10.2 Å². The number of carbonyl (C=O) groups is 2. The van der Waals surface area contributed by atoms with E-state index in [0.29, 0.717) is 13.0 Å². The molecule has 0 aromatic rings. The third-order valence-electron chi connectivity index (χ3n) is 3.23. The average molecular weight is 224 g/mol. The van der Waals surface area contributed by atoms with Crippen molar-refractivity contribution in [2.45, 2.75) is 51.6 Å². The van der Waals surface area contributed by atoms with Crippen molar-refractivity contribution in [3.05, 3.63) is 0 Å². The molecule has 0 spiro atoms. The molecule has 1 heterocycles. The molecule has 2 rings (SSSR count). The van der Waals surface area contributed by atoms with Crippen LogP contribution in [0.25, 0.3) is 0 Å². The molecular weight excluding hydrogens is 204 g/mol. The van der Waals surface area contributed by atoms with Gasteiger partial charge in [0.05, 0.1) is 6.04 Å². The first kappa shape index (κ1) is 11.4. The van der Waals surface area contributed by atoms with Crippen molar-refractivity contribution >= 4 is 11.8 Å². The van der Waals surface area contributed by atoms with Gasteiger partial charge in [-0.2, -0.15) is 0 Å². The molecule has 4 nitrogen and oxygen atoms in total. The summed E-state index contributed by atoms with van der Waals surface area (Å²) in [7, 11) is 0. The van der Waals surface area contributed by atoms with Crippen molar-refractivity contribution in [1.29, 1.82) is 0 Å². The minimum atomic E-state index is -0.143. The number of amides is 2. The lowest BCUT2D eigenvalue weighted by Crippen LogP contribution is -2.44. The molecule has 4 heteroatoms. The Balaban J connectivity index is 1.90. The largest absolute Gasteiger partial charge is 0.351 e. The smallest absolute Gasteiger partial charge is 0.225 e. The summed E-state index contributed by atoms with van der Waals surface area (Å²) < 4.78 is 0. The Labute approximate surface area is 96.4 Å². The number of hydrogen-bond donors (Lipinski definition) is 1. The molecule has 16 heavy (non-hydrogen) atoms. The first-order chi connectivity index (χ1) is 7.38. The summed E-state index contributed by atoms with van der Waals surface area (Å²) in [5, 5.41) is 2.97. The number of likely N-dealkylation sites (tertiary alicyclic amines) is 1. The SMILES string of the molecule is CC(C)(C)N1CC(NC(=O)C2CC2)CC1=O. The van der Waals surface area contributed by atoms with Crippen LogP contribution in [-0.4, -0.2) is 34.8 Å². The van der Waals surface area contributed by atoms with Gasteiger partial charge in [0, 0.05) is 24.4 Å². The molecule has 1 saturated carbocycles. The van der Waals surface area contributed by atoms with E-state index < -0.39 is 0 Å². The minimum Gasteiger partial charge on any atom is -0.351 e. The van der Waals surface area contributed by atoms with Gasteiger partial charge in [0.2, 0.25) is 11.8 Å². The van der Waals surface area contributed by atoms with E-state index in [0.717, 1.165) is 12.8 Å². The molecule has 1 saturated heterocycles. The summed E-state index contributed by atoms with van der Waals surface area (Å²) in [6.45, 7) is 6.72. The van der Waals surface area contributed by atoms with Gasteiger partial charge < -0.3 is 10.2 Å². The van der Waals surface area contributed by atoms with E-state index in [2.05, 4.69) is 5.32 Å². The van der Waals surface area contributed by atoms with Crippen molar-refractivity contribution in [3.8, 4) is 0 Å². The molecule has 0 radical (unpaired) electrons. The zero-order valence-electron chi connectivity index (χ0n) is 10.2. The molecule has 0 aromatic carbocycles. The Hall–Kier alpha value is -1.06. The third kappa shape index (κ3) is 2.36. The average Bonchev–Trinajstić information content (AvgIpc) is 2.90. The van der Waals surface area contributed by atoms with Crippen LogP contribution in [-0.2, 0) is 9.59 Å². The van der Waals surface area contributed by atoms with Crippen LogP contribution in [0.5, 0.6) is 0 Å². The molecule has 90 valence electrons. The van der Waals surface area contributed by atoms with E-state index in [1.807, 2.05) is 25.7 Å². The summed E-state index contributed by atoms with van der Waals surface area (Å²) in [4.78, 5) is 25.2. The van der Waals surface area contributed by atoms with E-state index in [9.17, 15) is 9.59 Å². The van der Waals surface area contributed by atoms with E-state index in [1.54, 1.807) is 0 Å². The van der Waals surface area contributed by atoms with Gasteiger partial charge in [0.15, 0.2) is 0 Å². The van der Waals surface area contributed by atoms with Crippen molar-refractivity contribution in [2.75, 3.05) is 6.54 Å². The second-order valence-electron chi connectivity index (χ2n) is 5.86. The molecule has 1 N–H and O–H groups in total. The molecule has 0 aromatic heterocycles. The topological polar surface area (TPSA) is 49.4 Å². The predicted octanol–water partition coefficient (Wildman–Crippen LogP) is 0.912. The minimum absolute atomic E-state index is 0.0137. The van der Waals surface area contributed by atoms with Gasteiger partial charge >= 0.3 is 0 Å². The molecule has 2 fully saturated rings. The van der Waals surface area contributed by atoms with E-state index >= 15 is 0 Å². The zero-order valence-corrected chi connectivity index (χ0v) is 10.2. The van der Waals surface area contributed by atoms with Gasteiger partial charge in [-0.25, -0.2) is 0 Å². The first-order valence-corrected chi connectivity index (χ1v) is 5.99. The lowest BCUT2D eigenvalue weighted by molar-refractivity contribution is -0.131. The van der Waals surface area contributed by atoms with E-state index in [1.165, 1.54) is 0 Å². The van der Waals surface area contributed by atoms with Crippen LogP contribution in [0.2, 0.25) is 0 Å². The van der Waals surface area contributed by atoms with Gasteiger partial charge in [-0.3, -0.25) is 9.59 Å². The Morgan fingerprint density at radius 3 is 2.44 bits per heavy atom. The van der Waals surface area contributed by atoms with Gasteiger partial charge in [-0.05, 0) is 33.6 Å². The van der Waals surface area contributed by atoms with Crippen LogP contribution < -0.4 is 5.32 Å². The van der Waals surface area contributed by atoms with Gasteiger partial charge in [0.25, 0.3) is 0 Å². The van der Waals surface area contributed by atoms with Gasteiger partial charge in [0.1, 0.15) is 0 Å². The second-order valence-corrected chi connectivity index (χ2v) is 5.86. The first-order valence-electron chi connectivity index (χ1n) is 5.99. The van der Waals surface area contributed by atoms with Crippen LogP contribution in [0.15, 0.2) is 0 Å². The Kier molecular flexibility index (Phi) is 2.68. The Morgan fingerprint density at radius 2 is 2.00 bits per heavy atom. The molecule has 1 aliphatic carbocycles. The molecular formula is C12H20N2O2. The number of nitrogens with zero attached hydrogens (tertiary/aromatic N) is 1. The molecule has 1 unspecified atom stereocenters. The summed E-state index contributed by atoms with van der Waals surface area (Å²) in [6.07, 6.45) is 2.47. The highest BCUT2D eigenvalue weighted by Gasteiger charge is 2.38. The molecule has 2 amide bonds. The highest BCUT2D eigenvalue weighted by molar-refractivity contribution is 5.84. The quantitative estimate of drug-likeness (QED) is 0.758. The van der Waals surface area contributed by atoms with E-state index in [4.69, 9.17) is 0 Å². The fourth-order valence-corrected chi connectivity index (χ4v) is 2.12. The van der Waals surface area contributed by atoms with Gasteiger partial charge in [-0.1, -0.05) is 0 Å². The molecule has 2 aliphatic rings. The highest BCUT2D eigenvalue weighted by atomic mass is 16.2. The number of carbonyl (C=O) groups excluding carboxylic acids is 2. The standard InChI is InChI=1S/C12H20N2O2/c1-12(2,3)14-7-9(6-10(14)15)13-11(16)8-4-5-8/h8-9H,4-7H2,1-3H3,(H,13,16). The fourth-order valence-electron chi connectivity index (χ4n) is 2.12. The second kappa shape index (κ2) is 3.75. The molecule has 1 atom stereocenters. The summed E-state index contributed by atoms with van der Waals surface area (Å²) in [5.41, 5.74) is -0.143. The molecule has 1 aliphatic heterocycles. The normalized spacial score (nSPS) is 26.1. The lowest BCUT2D eigenvalue weighted by atomic mass is 10.1. The van der Waals surface area contributed by atoms with Crippen molar-refractivity contribution in [3.63, 3.8) is 0 Å². The zero-order chi connectivity index (χ0) is 11.9. The van der Waals surface area contributed by atoms with E-state index in [-0.39, 0.29) is 29.3 Å². The Bertz CT molecular complexity index is 315.